The molecular weight excluding hydrogens is 691 g/mol. The summed E-state index contributed by atoms with van der Waals surface area (Å²) in [6, 6.07) is 0. The van der Waals surface area contributed by atoms with Crippen molar-refractivity contribution >= 4 is 14.5 Å². The van der Waals surface area contributed by atoms with Crippen molar-refractivity contribution < 1.29 is 28.2 Å². The SMILES string of the molecule is CCCCCCCCCC(OCC)O[Si](C)(C)OCCCCCCN(CCCCO)CCCCCCOC(=O)C(CCCCCC)CCCCCCCC. The standard InChI is InChI=1S/C46H95NO6Si/c1-7-11-14-17-19-21-28-37-45(50-10-4)53-54(5,6)52-43-34-25-23-30-39-47(40-31-32-41-48)38-29-22-24-33-42-51-46(49)44(35-26-16-13-9-3)36-27-20-18-15-12-8-2/h44-45,48H,7-43H2,1-6H3. The fourth-order valence-electron chi connectivity index (χ4n) is 7.32. The van der Waals surface area contributed by atoms with Crippen LogP contribution in [0.25, 0.3) is 0 Å². The fourth-order valence-corrected chi connectivity index (χ4v) is 8.85. The minimum absolute atomic E-state index is 0.0603. The van der Waals surface area contributed by atoms with Gasteiger partial charge in [-0.15, -0.1) is 0 Å². The topological polar surface area (TPSA) is 77.5 Å². The van der Waals surface area contributed by atoms with Crippen LogP contribution in [0.5, 0.6) is 0 Å². The molecule has 0 rings (SSSR count). The zero-order valence-electron chi connectivity index (χ0n) is 37.3. The summed E-state index contributed by atoms with van der Waals surface area (Å²) in [6.45, 7) is 18.7. The number of rotatable bonds is 44. The number of aliphatic hydroxyl groups is 1. The van der Waals surface area contributed by atoms with Crippen molar-refractivity contribution in [1.29, 1.82) is 0 Å². The van der Waals surface area contributed by atoms with Gasteiger partial charge >= 0.3 is 14.5 Å². The van der Waals surface area contributed by atoms with Crippen LogP contribution >= 0.6 is 0 Å². The lowest BCUT2D eigenvalue weighted by Crippen LogP contribution is -2.40. The van der Waals surface area contributed by atoms with Gasteiger partial charge in [0, 0.05) is 19.8 Å². The van der Waals surface area contributed by atoms with E-state index >= 15 is 0 Å². The maximum atomic E-state index is 13.0. The lowest BCUT2D eigenvalue weighted by molar-refractivity contribution is -0.149. The molecule has 7 nitrogen and oxygen atoms in total. The molecule has 0 aliphatic heterocycles. The van der Waals surface area contributed by atoms with Crippen LogP contribution in [-0.4, -0.2) is 76.9 Å². The summed E-state index contributed by atoms with van der Waals surface area (Å²) < 4.78 is 24.5. The van der Waals surface area contributed by atoms with Crippen molar-refractivity contribution in [2.75, 3.05) is 46.1 Å². The molecule has 1 N–H and O–H groups in total. The van der Waals surface area contributed by atoms with Gasteiger partial charge in [0.1, 0.15) is 6.29 Å². The lowest BCUT2D eigenvalue weighted by atomic mass is 9.94. The highest BCUT2D eigenvalue weighted by Gasteiger charge is 2.29. The predicted molar refractivity (Wildman–Crippen MR) is 233 cm³/mol. The van der Waals surface area contributed by atoms with Gasteiger partial charge in [-0.25, -0.2) is 0 Å². The summed E-state index contributed by atoms with van der Waals surface area (Å²) >= 11 is 0. The van der Waals surface area contributed by atoms with Crippen LogP contribution < -0.4 is 0 Å². The fraction of sp³-hybridized carbons (Fsp3) is 0.978. The summed E-state index contributed by atoms with van der Waals surface area (Å²) in [4.78, 5) is 15.6. The van der Waals surface area contributed by atoms with Crippen LogP contribution in [0.4, 0.5) is 0 Å². The maximum Gasteiger partial charge on any atom is 0.333 e. The highest BCUT2D eigenvalue weighted by molar-refractivity contribution is 6.64. The molecular formula is C46H95NO6Si. The molecule has 0 aliphatic rings. The van der Waals surface area contributed by atoms with Crippen molar-refractivity contribution in [3.05, 3.63) is 0 Å². The van der Waals surface area contributed by atoms with E-state index in [0.29, 0.717) is 13.2 Å². The van der Waals surface area contributed by atoms with E-state index in [9.17, 15) is 9.90 Å². The third-order valence-electron chi connectivity index (χ3n) is 10.8. The Bertz CT molecular complexity index is 771. The number of nitrogens with zero attached hydrogens (tertiary/aromatic N) is 1. The Morgan fingerprint density at radius 3 is 1.48 bits per heavy atom. The summed E-state index contributed by atoms with van der Waals surface area (Å²) in [7, 11) is -2.23. The molecule has 0 spiro atoms. The van der Waals surface area contributed by atoms with E-state index < -0.39 is 8.56 Å². The molecule has 0 saturated carbocycles. The zero-order chi connectivity index (χ0) is 39.8. The molecule has 0 aromatic heterocycles. The van der Waals surface area contributed by atoms with Crippen molar-refractivity contribution in [3.63, 3.8) is 0 Å². The van der Waals surface area contributed by atoms with Crippen LogP contribution in [-0.2, 0) is 23.1 Å². The number of unbranched alkanes of at least 4 members (excludes halogenated alkanes) is 21. The zero-order valence-corrected chi connectivity index (χ0v) is 38.3. The molecule has 0 amide bonds. The first-order valence-corrected chi connectivity index (χ1v) is 26.6. The molecule has 324 valence electrons. The smallest absolute Gasteiger partial charge is 0.333 e. The van der Waals surface area contributed by atoms with Gasteiger partial charge in [-0.05, 0) is 104 Å². The minimum atomic E-state index is -2.23. The first-order chi connectivity index (χ1) is 26.3. The molecule has 2 unspecified atom stereocenters. The normalized spacial score (nSPS) is 13.2. The molecule has 0 heterocycles. The number of esters is 1. The molecule has 0 aliphatic carbocycles. The molecule has 0 bridgehead atoms. The molecule has 8 heteroatoms. The second-order valence-corrected chi connectivity index (χ2v) is 19.9. The van der Waals surface area contributed by atoms with Crippen molar-refractivity contribution in [1.82, 2.24) is 4.90 Å². The predicted octanol–water partition coefficient (Wildman–Crippen LogP) is 13.3. The Balaban J connectivity index is 4.30. The summed E-state index contributed by atoms with van der Waals surface area (Å²) in [5, 5.41) is 9.33. The third-order valence-corrected chi connectivity index (χ3v) is 12.5. The number of hydrogen-bond acceptors (Lipinski definition) is 7. The number of aliphatic hydroxyl groups excluding tert-OH is 1. The monoisotopic (exact) mass is 786 g/mol. The molecule has 0 fully saturated rings. The molecule has 0 aromatic carbocycles. The van der Waals surface area contributed by atoms with E-state index in [1.54, 1.807) is 0 Å². The van der Waals surface area contributed by atoms with E-state index in [2.05, 4.69) is 45.7 Å². The van der Waals surface area contributed by atoms with E-state index in [1.807, 2.05) is 0 Å². The van der Waals surface area contributed by atoms with E-state index in [0.717, 1.165) is 96.9 Å². The van der Waals surface area contributed by atoms with Gasteiger partial charge < -0.3 is 28.3 Å². The van der Waals surface area contributed by atoms with Crippen molar-refractivity contribution in [2.45, 2.75) is 240 Å². The highest BCUT2D eigenvalue weighted by Crippen LogP contribution is 2.21. The summed E-state index contributed by atoms with van der Waals surface area (Å²) in [5.41, 5.74) is 0. The van der Waals surface area contributed by atoms with Crippen LogP contribution in [0, 0.1) is 5.92 Å². The van der Waals surface area contributed by atoms with Gasteiger partial charge in [0.15, 0.2) is 0 Å². The van der Waals surface area contributed by atoms with Crippen molar-refractivity contribution in [3.8, 4) is 0 Å². The summed E-state index contributed by atoms with van der Waals surface area (Å²) in [6.07, 6.45) is 35.5. The molecule has 0 radical (unpaired) electrons. The Kier molecular flexibility index (Phi) is 40.3. The average Bonchev–Trinajstić information content (AvgIpc) is 3.15. The quantitative estimate of drug-likeness (QED) is 0.0285. The first-order valence-electron chi connectivity index (χ1n) is 23.8. The van der Waals surface area contributed by atoms with Crippen molar-refractivity contribution in [2.24, 2.45) is 5.92 Å². The number of ether oxygens (including phenoxy) is 2. The lowest BCUT2D eigenvalue weighted by Gasteiger charge is -2.29. The van der Waals surface area contributed by atoms with Gasteiger partial charge in [-0.3, -0.25) is 4.79 Å². The van der Waals surface area contributed by atoms with Gasteiger partial charge in [-0.1, -0.05) is 149 Å². The van der Waals surface area contributed by atoms with Crippen LogP contribution in [0.3, 0.4) is 0 Å². The summed E-state index contributed by atoms with van der Waals surface area (Å²) in [5.74, 6) is 0.156. The van der Waals surface area contributed by atoms with Crippen LogP contribution in [0.1, 0.15) is 220 Å². The number of carbonyl (C=O) groups excluding carboxylic acids is 1. The van der Waals surface area contributed by atoms with Gasteiger partial charge in [0.25, 0.3) is 0 Å². The van der Waals surface area contributed by atoms with Crippen LogP contribution in [0.15, 0.2) is 0 Å². The minimum Gasteiger partial charge on any atom is -0.465 e. The second-order valence-electron chi connectivity index (χ2n) is 16.5. The van der Waals surface area contributed by atoms with Gasteiger partial charge in [0.05, 0.1) is 12.5 Å². The average molecular weight is 786 g/mol. The van der Waals surface area contributed by atoms with Gasteiger partial charge in [0.2, 0.25) is 0 Å². The number of hydrogen-bond donors (Lipinski definition) is 1. The molecule has 54 heavy (non-hydrogen) atoms. The van der Waals surface area contributed by atoms with E-state index in [1.165, 1.54) is 122 Å². The van der Waals surface area contributed by atoms with E-state index in [4.69, 9.17) is 18.3 Å². The third kappa shape index (κ3) is 35.9. The highest BCUT2D eigenvalue weighted by atomic mass is 28.4. The molecule has 2 atom stereocenters. The maximum absolute atomic E-state index is 13.0. The Labute approximate surface area is 338 Å². The Hall–Kier alpha value is -0.513. The van der Waals surface area contributed by atoms with Gasteiger partial charge in [-0.2, -0.15) is 0 Å². The molecule has 0 saturated heterocycles. The first kappa shape index (κ1) is 53.5. The second kappa shape index (κ2) is 40.7. The van der Waals surface area contributed by atoms with Crippen LogP contribution in [0.2, 0.25) is 13.1 Å². The Morgan fingerprint density at radius 1 is 0.537 bits per heavy atom. The Morgan fingerprint density at radius 2 is 0.963 bits per heavy atom. The number of carbonyl (C=O) groups is 1. The van der Waals surface area contributed by atoms with E-state index in [-0.39, 0.29) is 24.8 Å². The molecule has 0 aromatic rings. The largest absolute Gasteiger partial charge is 0.465 e.